The van der Waals surface area contributed by atoms with Crippen molar-refractivity contribution in [3.63, 3.8) is 0 Å². The summed E-state index contributed by atoms with van der Waals surface area (Å²) in [5.74, 6) is -1.96. The standard InChI is InChI=1S/C18H12F3N7O5/c19-18(20,21)10-4-3-5-11(8-10)24-15-14(28(32)33)16(23-9-22-15)25-26-17(29)12-6-1-2-7-13(12)27(30)31/h1-9H,(H,26,29)(H2,22,23,24,25). The van der Waals surface area contributed by atoms with E-state index in [1.807, 2.05) is 0 Å². The number of hydrogen-bond acceptors (Lipinski definition) is 9. The Labute approximate surface area is 181 Å². The first-order valence-corrected chi connectivity index (χ1v) is 8.81. The van der Waals surface area contributed by atoms with Crippen molar-refractivity contribution in [2.45, 2.75) is 6.18 Å². The number of alkyl halides is 3. The van der Waals surface area contributed by atoms with E-state index >= 15 is 0 Å². The molecule has 2 aromatic carbocycles. The zero-order chi connectivity index (χ0) is 24.2. The number of anilines is 3. The lowest BCUT2D eigenvalue weighted by Gasteiger charge is -2.12. The molecule has 15 heteroatoms. The second kappa shape index (κ2) is 9.13. The first kappa shape index (κ1) is 22.9. The average molecular weight is 463 g/mol. The molecule has 0 aliphatic carbocycles. The molecular formula is C18H12F3N7O5. The van der Waals surface area contributed by atoms with Crippen LogP contribution in [0, 0.1) is 20.2 Å². The number of hydrogen-bond donors (Lipinski definition) is 3. The van der Waals surface area contributed by atoms with E-state index in [1.54, 1.807) is 0 Å². The fourth-order valence-electron chi connectivity index (χ4n) is 2.65. The molecule has 0 atom stereocenters. The molecule has 0 saturated carbocycles. The number of nitrogens with zero attached hydrogens (tertiary/aromatic N) is 4. The molecule has 1 aromatic heterocycles. The van der Waals surface area contributed by atoms with Crippen molar-refractivity contribution in [2.75, 3.05) is 10.7 Å². The van der Waals surface area contributed by atoms with Crippen LogP contribution in [-0.2, 0) is 6.18 Å². The average Bonchev–Trinajstić information content (AvgIpc) is 2.77. The molecule has 0 bridgehead atoms. The number of aromatic nitrogens is 2. The van der Waals surface area contributed by atoms with Gasteiger partial charge in [0.05, 0.1) is 15.4 Å². The van der Waals surface area contributed by atoms with Gasteiger partial charge in [0.1, 0.15) is 11.9 Å². The number of amides is 1. The van der Waals surface area contributed by atoms with Gasteiger partial charge in [0, 0.05) is 11.8 Å². The molecule has 0 aliphatic heterocycles. The number of halogens is 3. The van der Waals surface area contributed by atoms with E-state index < -0.39 is 50.5 Å². The number of carbonyl (C=O) groups is 1. The Morgan fingerprint density at radius 3 is 2.30 bits per heavy atom. The van der Waals surface area contributed by atoms with Crippen molar-refractivity contribution >= 4 is 34.6 Å². The molecule has 33 heavy (non-hydrogen) atoms. The summed E-state index contributed by atoms with van der Waals surface area (Å²) in [5.41, 5.74) is 1.51. The maximum absolute atomic E-state index is 12.9. The molecule has 0 unspecified atom stereocenters. The van der Waals surface area contributed by atoms with Crippen molar-refractivity contribution in [1.82, 2.24) is 15.4 Å². The summed E-state index contributed by atoms with van der Waals surface area (Å²) < 4.78 is 38.8. The number of benzene rings is 2. The lowest BCUT2D eigenvalue weighted by molar-refractivity contribution is -0.385. The highest BCUT2D eigenvalue weighted by Crippen LogP contribution is 2.34. The molecular weight excluding hydrogens is 451 g/mol. The van der Waals surface area contributed by atoms with Gasteiger partial charge in [-0.2, -0.15) is 13.2 Å². The maximum Gasteiger partial charge on any atom is 0.416 e. The van der Waals surface area contributed by atoms with E-state index in [-0.39, 0.29) is 11.3 Å². The molecule has 0 spiro atoms. The zero-order valence-electron chi connectivity index (χ0n) is 16.2. The number of hydrazine groups is 1. The summed E-state index contributed by atoms with van der Waals surface area (Å²) in [6.07, 6.45) is -3.77. The molecule has 0 fully saturated rings. The Morgan fingerprint density at radius 2 is 1.64 bits per heavy atom. The minimum absolute atomic E-state index is 0.137. The Bertz CT molecular complexity index is 1240. The van der Waals surface area contributed by atoms with Crippen molar-refractivity contribution in [3.05, 3.63) is 86.2 Å². The third-order valence-corrected chi connectivity index (χ3v) is 4.10. The van der Waals surface area contributed by atoms with Gasteiger partial charge in [0.2, 0.25) is 11.6 Å². The van der Waals surface area contributed by atoms with Gasteiger partial charge in [-0.15, -0.1) is 0 Å². The van der Waals surface area contributed by atoms with Gasteiger partial charge in [-0.25, -0.2) is 9.97 Å². The number of para-hydroxylation sites is 1. The van der Waals surface area contributed by atoms with Crippen LogP contribution in [0.15, 0.2) is 54.9 Å². The van der Waals surface area contributed by atoms with Crippen LogP contribution in [0.5, 0.6) is 0 Å². The van der Waals surface area contributed by atoms with E-state index in [4.69, 9.17) is 0 Å². The Kier molecular flexibility index (Phi) is 6.32. The van der Waals surface area contributed by atoms with Gasteiger partial charge in [0.25, 0.3) is 11.6 Å². The first-order valence-electron chi connectivity index (χ1n) is 8.81. The highest BCUT2D eigenvalue weighted by atomic mass is 19.4. The van der Waals surface area contributed by atoms with Gasteiger partial charge >= 0.3 is 11.9 Å². The molecule has 170 valence electrons. The van der Waals surface area contributed by atoms with Crippen LogP contribution in [0.3, 0.4) is 0 Å². The van der Waals surface area contributed by atoms with E-state index in [9.17, 15) is 38.2 Å². The van der Waals surface area contributed by atoms with E-state index in [1.165, 1.54) is 24.3 Å². The number of rotatable bonds is 7. The lowest BCUT2D eigenvalue weighted by Crippen LogP contribution is -2.30. The summed E-state index contributed by atoms with van der Waals surface area (Å²) in [6, 6.07) is 8.90. The molecule has 0 aliphatic rings. The van der Waals surface area contributed by atoms with Crippen molar-refractivity contribution in [2.24, 2.45) is 0 Å². The third kappa shape index (κ3) is 5.27. The van der Waals surface area contributed by atoms with E-state index in [0.29, 0.717) is 0 Å². The fraction of sp³-hybridized carbons (Fsp3) is 0.0556. The predicted octanol–water partition coefficient (Wildman–Crippen LogP) is 3.81. The number of carbonyl (C=O) groups excluding carboxylic acids is 1. The normalized spacial score (nSPS) is 10.9. The smallest absolute Gasteiger partial charge is 0.334 e. The Hall–Kier alpha value is -4.82. The quantitative estimate of drug-likeness (QED) is 0.349. The van der Waals surface area contributed by atoms with Crippen LogP contribution in [-0.4, -0.2) is 25.7 Å². The largest absolute Gasteiger partial charge is 0.416 e. The van der Waals surface area contributed by atoms with Gasteiger partial charge < -0.3 is 5.32 Å². The minimum atomic E-state index is -4.63. The zero-order valence-corrected chi connectivity index (χ0v) is 16.2. The Balaban J connectivity index is 1.87. The molecule has 1 heterocycles. The van der Waals surface area contributed by atoms with Crippen molar-refractivity contribution < 1.29 is 27.8 Å². The van der Waals surface area contributed by atoms with Crippen LogP contribution >= 0.6 is 0 Å². The summed E-state index contributed by atoms with van der Waals surface area (Å²) in [7, 11) is 0. The second-order valence-electron chi connectivity index (χ2n) is 6.23. The monoisotopic (exact) mass is 463 g/mol. The van der Waals surface area contributed by atoms with Crippen LogP contribution in [0.25, 0.3) is 0 Å². The lowest BCUT2D eigenvalue weighted by atomic mass is 10.2. The van der Waals surface area contributed by atoms with E-state index in [0.717, 1.165) is 30.6 Å². The van der Waals surface area contributed by atoms with E-state index in [2.05, 4.69) is 26.1 Å². The van der Waals surface area contributed by atoms with Crippen LogP contribution in [0.4, 0.5) is 41.9 Å². The SMILES string of the molecule is O=C(NNc1ncnc(Nc2cccc(C(F)(F)F)c2)c1[N+](=O)[O-])c1ccccc1[N+](=O)[O-]. The number of nitro groups is 2. The topological polar surface area (TPSA) is 165 Å². The molecule has 12 nitrogen and oxygen atoms in total. The van der Waals surface area contributed by atoms with Crippen LogP contribution < -0.4 is 16.2 Å². The van der Waals surface area contributed by atoms with Gasteiger partial charge in [-0.3, -0.25) is 35.9 Å². The fourth-order valence-corrected chi connectivity index (χ4v) is 2.65. The minimum Gasteiger partial charge on any atom is -0.334 e. The molecule has 3 aromatic rings. The molecule has 0 saturated heterocycles. The highest BCUT2D eigenvalue weighted by molar-refractivity contribution is 5.98. The second-order valence-corrected chi connectivity index (χ2v) is 6.23. The molecule has 1 amide bonds. The highest BCUT2D eigenvalue weighted by Gasteiger charge is 2.31. The summed E-state index contributed by atoms with van der Waals surface area (Å²) in [6.45, 7) is 0. The summed E-state index contributed by atoms with van der Waals surface area (Å²) in [5, 5.41) is 25.1. The number of nitrogens with one attached hydrogen (secondary N) is 3. The Morgan fingerprint density at radius 1 is 0.939 bits per heavy atom. The van der Waals surface area contributed by atoms with Crippen molar-refractivity contribution in [1.29, 1.82) is 0 Å². The van der Waals surface area contributed by atoms with Crippen molar-refractivity contribution in [3.8, 4) is 0 Å². The van der Waals surface area contributed by atoms with Gasteiger partial charge in [-0.05, 0) is 24.3 Å². The first-order chi connectivity index (χ1) is 15.6. The predicted molar refractivity (Wildman–Crippen MR) is 108 cm³/mol. The summed E-state index contributed by atoms with van der Waals surface area (Å²) >= 11 is 0. The van der Waals surface area contributed by atoms with Crippen LogP contribution in [0.2, 0.25) is 0 Å². The maximum atomic E-state index is 12.9. The van der Waals surface area contributed by atoms with Gasteiger partial charge in [0.15, 0.2) is 0 Å². The molecule has 3 rings (SSSR count). The third-order valence-electron chi connectivity index (χ3n) is 4.10. The summed E-state index contributed by atoms with van der Waals surface area (Å²) in [4.78, 5) is 40.6. The molecule has 0 radical (unpaired) electrons. The molecule has 3 N–H and O–H groups in total. The van der Waals surface area contributed by atoms with Gasteiger partial charge in [-0.1, -0.05) is 18.2 Å². The van der Waals surface area contributed by atoms with Crippen LogP contribution in [0.1, 0.15) is 15.9 Å². The number of nitro benzene ring substituents is 1.